The molecule has 1 aliphatic heterocycles. The Labute approximate surface area is 145 Å². The van der Waals surface area contributed by atoms with Crippen molar-refractivity contribution in [1.29, 1.82) is 0 Å². The molecule has 0 radical (unpaired) electrons. The molecule has 0 aliphatic carbocycles. The molecule has 24 heavy (non-hydrogen) atoms. The second-order valence-electron chi connectivity index (χ2n) is 7.17. The van der Waals surface area contributed by atoms with Crippen LogP contribution in [-0.2, 0) is 11.3 Å². The standard InChI is InChI=1S/C22H27NO/c1-17(2)21-10-6-7-15-23(22(21)24)16-18-11-13-20(14-12-18)19-8-4-3-5-9-19/h3-5,8-9,11-14,17,21H,6-7,10,15-16H2,1-2H3. The van der Waals surface area contributed by atoms with E-state index in [0.29, 0.717) is 11.8 Å². The second-order valence-corrected chi connectivity index (χ2v) is 7.17. The lowest BCUT2D eigenvalue weighted by molar-refractivity contribution is -0.136. The summed E-state index contributed by atoms with van der Waals surface area (Å²) in [7, 11) is 0. The number of carbonyl (C=O) groups is 1. The summed E-state index contributed by atoms with van der Waals surface area (Å²) in [5, 5.41) is 0. The van der Waals surface area contributed by atoms with Gasteiger partial charge in [0.25, 0.3) is 0 Å². The summed E-state index contributed by atoms with van der Waals surface area (Å²) in [6.45, 7) is 5.96. The molecule has 0 spiro atoms. The van der Waals surface area contributed by atoms with Gasteiger partial charge in [0.1, 0.15) is 0 Å². The van der Waals surface area contributed by atoms with Gasteiger partial charge in [0, 0.05) is 19.0 Å². The molecular formula is C22H27NO. The van der Waals surface area contributed by atoms with Gasteiger partial charge in [-0.15, -0.1) is 0 Å². The molecule has 126 valence electrons. The van der Waals surface area contributed by atoms with Gasteiger partial charge in [-0.25, -0.2) is 0 Å². The summed E-state index contributed by atoms with van der Waals surface area (Å²) in [5.74, 6) is 0.962. The fraction of sp³-hybridized carbons (Fsp3) is 0.409. The molecule has 1 saturated heterocycles. The Morgan fingerprint density at radius 2 is 1.62 bits per heavy atom. The maximum absolute atomic E-state index is 12.8. The summed E-state index contributed by atoms with van der Waals surface area (Å²) >= 11 is 0. The first-order valence-electron chi connectivity index (χ1n) is 9.08. The van der Waals surface area contributed by atoms with Crippen LogP contribution >= 0.6 is 0 Å². The van der Waals surface area contributed by atoms with Crippen molar-refractivity contribution in [3.05, 3.63) is 60.2 Å². The van der Waals surface area contributed by atoms with Crippen molar-refractivity contribution in [2.75, 3.05) is 6.54 Å². The Balaban J connectivity index is 1.72. The maximum atomic E-state index is 12.8. The molecule has 2 aromatic carbocycles. The zero-order valence-corrected chi connectivity index (χ0v) is 14.7. The third-order valence-corrected chi connectivity index (χ3v) is 5.06. The van der Waals surface area contributed by atoms with Crippen LogP contribution < -0.4 is 0 Å². The van der Waals surface area contributed by atoms with Crippen molar-refractivity contribution in [3.8, 4) is 11.1 Å². The Hall–Kier alpha value is -2.09. The molecule has 3 rings (SSSR count). The van der Waals surface area contributed by atoms with E-state index in [-0.39, 0.29) is 5.92 Å². The first-order chi connectivity index (χ1) is 11.6. The highest BCUT2D eigenvalue weighted by atomic mass is 16.2. The van der Waals surface area contributed by atoms with Gasteiger partial charge in [0.05, 0.1) is 0 Å². The van der Waals surface area contributed by atoms with Gasteiger partial charge in [-0.3, -0.25) is 4.79 Å². The van der Waals surface area contributed by atoms with Gasteiger partial charge in [0.2, 0.25) is 5.91 Å². The van der Waals surface area contributed by atoms with Crippen LogP contribution in [0.25, 0.3) is 11.1 Å². The first kappa shape index (κ1) is 16.8. The molecule has 0 N–H and O–H groups in total. The number of hydrogen-bond acceptors (Lipinski definition) is 1. The Morgan fingerprint density at radius 3 is 2.29 bits per heavy atom. The van der Waals surface area contributed by atoms with E-state index in [1.54, 1.807) is 0 Å². The monoisotopic (exact) mass is 321 g/mol. The average Bonchev–Trinajstić information content (AvgIpc) is 2.78. The smallest absolute Gasteiger partial charge is 0.226 e. The van der Waals surface area contributed by atoms with E-state index in [4.69, 9.17) is 0 Å². The van der Waals surface area contributed by atoms with Crippen molar-refractivity contribution in [3.63, 3.8) is 0 Å². The zero-order valence-electron chi connectivity index (χ0n) is 14.7. The van der Waals surface area contributed by atoms with Gasteiger partial charge in [-0.2, -0.15) is 0 Å². The van der Waals surface area contributed by atoms with Crippen molar-refractivity contribution in [1.82, 2.24) is 4.90 Å². The van der Waals surface area contributed by atoms with Crippen LogP contribution in [0.2, 0.25) is 0 Å². The highest BCUT2D eigenvalue weighted by molar-refractivity contribution is 5.79. The normalized spacial score (nSPS) is 18.7. The summed E-state index contributed by atoms with van der Waals surface area (Å²) in [4.78, 5) is 14.9. The summed E-state index contributed by atoms with van der Waals surface area (Å²) in [6, 6.07) is 19.0. The quantitative estimate of drug-likeness (QED) is 0.763. The van der Waals surface area contributed by atoms with E-state index in [9.17, 15) is 4.79 Å². The number of benzene rings is 2. The lowest BCUT2D eigenvalue weighted by Crippen LogP contribution is -2.36. The number of hydrogen-bond donors (Lipinski definition) is 0. The van der Waals surface area contributed by atoms with Crippen LogP contribution in [0.15, 0.2) is 54.6 Å². The molecule has 2 nitrogen and oxygen atoms in total. The third kappa shape index (κ3) is 3.87. The molecule has 1 amide bonds. The Bertz CT molecular complexity index is 660. The summed E-state index contributed by atoms with van der Waals surface area (Å²) in [6.07, 6.45) is 3.33. The van der Waals surface area contributed by atoms with Gasteiger partial charge in [-0.05, 0) is 35.4 Å². The van der Waals surface area contributed by atoms with E-state index >= 15 is 0 Å². The van der Waals surface area contributed by atoms with Crippen molar-refractivity contribution >= 4 is 5.91 Å². The fourth-order valence-electron chi connectivity index (χ4n) is 3.56. The Morgan fingerprint density at radius 1 is 0.958 bits per heavy atom. The van der Waals surface area contributed by atoms with E-state index in [2.05, 4.69) is 67.3 Å². The molecule has 1 unspecified atom stereocenters. The van der Waals surface area contributed by atoms with Crippen molar-refractivity contribution < 1.29 is 4.79 Å². The van der Waals surface area contributed by atoms with Gasteiger partial charge >= 0.3 is 0 Å². The Kier molecular flexibility index (Phi) is 5.34. The number of amides is 1. The molecule has 2 aromatic rings. The topological polar surface area (TPSA) is 20.3 Å². The minimum Gasteiger partial charge on any atom is -0.338 e. The van der Waals surface area contributed by atoms with Gasteiger partial charge in [0.15, 0.2) is 0 Å². The van der Waals surface area contributed by atoms with Gasteiger partial charge < -0.3 is 4.90 Å². The largest absolute Gasteiger partial charge is 0.338 e. The molecule has 1 aliphatic rings. The van der Waals surface area contributed by atoms with Crippen LogP contribution in [0.1, 0.15) is 38.7 Å². The van der Waals surface area contributed by atoms with Gasteiger partial charge in [-0.1, -0.05) is 74.9 Å². The van der Waals surface area contributed by atoms with E-state index in [1.165, 1.54) is 16.7 Å². The lowest BCUT2D eigenvalue weighted by atomic mass is 9.90. The molecular weight excluding hydrogens is 294 g/mol. The van der Waals surface area contributed by atoms with Crippen LogP contribution in [0.4, 0.5) is 0 Å². The first-order valence-corrected chi connectivity index (χ1v) is 9.08. The van der Waals surface area contributed by atoms with E-state index in [1.807, 2.05) is 6.07 Å². The predicted molar refractivity (Wildman–Crippen MR) is 99.5 cm³/mol. The highest BCUT2D eigenvalue weighted by Gasteiger charge is 2.28. The number of rotatable bonds is 4. The fourth-order valence-corrected chi connectivity index (χ4v) is 3.56. The molecule has 0 bridgehead atoms. The third-order valence-electron chi connectivity index (χ3n) is 5.06. The van der Waals surface area contributed by atoms with E-state index < -0.39 is 0 Å². The van der Waals surface area contributed by atoms with Crippen LogP contribution in [0.3, 0.4) is 0 Å². The van der Waals surface area contributed by atoms with Crippen LogP contribution in [-0.4, -0.2) is 17.4 Å². The van der Waals surface area contributed by atoms with Crippen LogP contribution in [0.5, 0.6) is 0 Å². The molecule has 0 aromatic heterocycles. The van der Waals surface area contributed by atoms with Crippen LogP contribution in [0, 0.1) is 11.8 Å². The van der Waals surface area contributed by atoms with Crippen molar-refractivity contribution in [2.24, 2.45) is 11.8 Å². The molecule has 2 heteroatoms. The molecule has 1 atom stereocenters. The molecule has 1 fully saturated rings. The SMILES string of the molecule is CC(C)C1CCCCN(Cc2ccc(-c3ccccc3)cc2)C1=O. The second kappa shape index (κ2) is 7.65. The average molecular weight is 321 g/mol. The predicted octanol–water partition coefficient (Wildman–Crippen LogP) is 5.14. The number of nitrogens with zero attached hydrogens (tertiary/aromatic N) is 1. The molecule has 1 heterocycles. The highest BCUT2D eigenvalue weighted by Crippen LogP contribution is 2.26. The van der Waals surface area contributed by atoms with E-state index in [0.717, 1.165) is 32.4 Å². The number of likely N-dealkylation sites (tertiary alicyclic amines) is 1. The zero-order chi connectivity index (χ0) is 16.9. The minimum atomic E-state index is 0.191. The minimum absolute atomic E-state index is 0.191. The molecule has 0 saturated carbocycles. The van der Waals surface area contributed by atoms with Crippen molar-refractivity contribution in [2.45, 2.75) is 39.7 Å². The maximum Gasteiger partial charge on any atom is 0.226 e. The summed E-state index contributed by atoms with van der Waals surface area (Å²) < 4.78 is 0. The number of carbonyl (C=O) groups excluding carboxylic acids is 1. The lowest BCUT2D eigenvalue weighted by Gasteiger charge is -2.26. The summed E-state index contributed by atoms with van der Waals surface area (Å²) in [5.41, 5.74) is 3.67.